The van der Waals surface area contributed by atoms with Crippen LogP contribution in [0.5, 0.6) is 0 Å². The van der Waals surface area contributed by atoms with E-state index in [0.717, 1.165) is 0 Å². The van der Waals surface area contributed by atoms with Gasteiger partial charge < -0.3 is 0 Å². The first-order chi connectivity index (χ1) is 9.51. The van der Waals surface area contributed by atoms with Gasteiger partial charge in [0.05, 0.1) is 19.1 Å². The van der Waals surface area contributed by atoms with Crippen molar-refractivity contribution in [1.29, 1.82) is 0 Å². The van der Waals surface area contributed by atoms with Gasteiger partial charge >= 0.3 is 0 Å². The Bertz CT molecular complexity index is 891. The molecular formula is C13H8ClIN2O2S. The van der Waals surface area contributed by atoms with Crippen LogP contribution in [0.25, 0.3) is 11.0 Å². The number of pyridine rings is 1. The fourth-order valence-electron chi connectivity index (χ4n) is 1.96. The normalized spacial score (nSPS) is 11.9. The maximum atomic E-state index is 12.8. The highest BCUT2D eigenvalue weighted by Gasteiger charge is 2.23. The molecular weight excluding hydrogens is 411 g/mol. The van der Waals surface area contributed by atoms with Crippen molar-refractivity contribution in [3.05, 3.63) is 57.4 Å². The number of halogens is 2. The number of rotatable bonds is 2. The zero-order valence-corrected chi connectivity index (χ0v) is 13.7. The Morgan fingerprint density at radius 2 is 1.85 bits per heavy atom. The molecule has 20 heavy (non-hydrogen) atoms. The molecule has 0 aliphatic rings. The molecule has 0 radical (unpaired) electrons. The molecule has 3 aromatic rings. The van der Waals surface area contributed by atoms with Crippen LogP contribution in [0.3, 0.4) is 0 Å². The van der Waals surface area contributed by atoms with Crippen molar-refractivity contribution >= 4 is 55.2 Å². The number of fused-ring (bicyclic) bond motifs is 1. The van der Waals surface area contributed by atoms with E-state index in [2.05, 4.69) is 4.98 Å². The number of aromatic nitrogens is 2. The third-order valence-corrected chi connectivity index (χ3v) is 5.99. The van der Waals surface area contributed by atoms with Crippen LogP contribution in [-0.4, -0.2) is 17.4 Å². The lowest BCUT2D eigenvalue weighted by molar-refractivity contribution is 0.588. The van der Waals surface area contributed by atoms with Gasteiger partial charge in [0, 0.05) is 6.20 Å². The predicted molar refractivity (Wildman–Crippen MR) is 86.5 cm³/mol. The summed E-state index contributed by atoms with van der Waals surface area (Å²) in [6.07, 6.45) is 1.56. The molecule has 0 unspecified atom stereocenters. The number of nitrogens with zero attached hydrogens (tertiary/aromatic N) is 2. The lowest BCUT2D eigenvalue weighted by atomic mass is 10.4. The number of hydrogen-bond acceptors (Lipinski definition) is 3. The summed E-state index contributed by atoms with van der Waals surface area (Å²) in [5, 5.41) is 0.359. The van der Waals surface area contributed by atoms with Crippen LogP contribution in [0.4, 0.5) is 0 Å². The average molecular weight is 419 g/mol. The van der Waals surface area contributed by atoms with Gasteiger partial charge in [-0.05, 0) is 46.9 Å². The topological polar surface area (TPSA) is 52.0 Å². The van der Waals surface area contributed by atoms with E-state index in [1.165, 1.54) is 3.97 Å². The lowest BCUT2D eigenvalue weighted by Gasteiger charge is -2.09. The quantitative estimate of drug-likeness (QED) is 0.598. The molecule has 4 nitrogen and oxygen atoms in total. The maximum Gasteiger partial charge on any atom is 0.269 e. The number of hydrogen-bond donors (Lipinski definition) is 0. The van der Waals surface area contributed by atoms with E-state index >= 15 is 0 Å². The van der Waals surface area contributed by atoms with E-state index in [0.29, 0.717) is 19.8 Å². The monoisotopic (exact) mass is 418 g/mol. The second-order valence-electron chi connectivity index (χ2n) is 4.08. The van der Waals surface area contributed by atoms with E-state index in [1.807, 2.05) is 22.6 Å². The molecule has 0 bridgehead atoms. The van der Waals surface area contributed by atoms with E-state index in [4.69, 9.17) is 11.6 Å². The summed E-state index contributed by atoms with van der Waals surface area (Å²) in [4.78, 5) is 4.37. The largest absolute Gasteiger partial charge is 0.269 e. The third kappa shape index (κ3) is 2.11. The molecule has 0 amide bonds. The van der Waals surface area contributed by atoms with Crippen LogP contribution in [0.2, 0.25) is 5.02 Å². The van der Waals surface area contributed by atoms with Gasteiger partial charge in [-0.2, -0.15) is 0 Å². The minimum atomic E-state index is -3.69. The highest BCUT2D eigenvalue weighted by Crippen LogP contribution is 2.30. The Hall–Kier alpha value is -1.12. The molecule has 0 spiro atoms. The summed E-state index contributed by atoms with van der Waals surface area (Å²) in [6.45, 7) is 0. The Kier molecular flexibility index (Phi) is 3.47. The van der Waals surface area contributed by atoms with Crippen molar-refractivity contribution in [1.82, 2.24) is 8.96 Å². The number of benzene rings is 1. The maximum absolute atomic E-state index is 12.8. The van der Waals surface area contributed by atoms with Crippen LogP contribution < -0.4 is 0 Å². The van der Waals surface area contributed by atoms with Crippen molar-refractivity contribution in [2.24, 2.45) is 0 Å². The van der Waals surface area contributed by atoms with Crippen LogP contribution >= 0.6 is 34.2 Å². The molecule has 2 heterocycles. The van der Waals surface area contributed by atoms with Gasteiger partial charge in [0.2, 0.25) is 0 Å². The van der Waals surface area contributed by atoms with Crippen LogP contribution in [0, 0.1) is 3.70 Å². The summed E-state index contributed by atoms with van der Waals surface area (Å²) in [5.74, 6) is 0. The van der Waals surface area contributed by atoms with Crippen LogP contribution in [0.1, 0.15) is 0 Å². The highest BCUT2D eigenvalue weighted by molar-refractivity contribution is 14.1. The first-order valence-electron chi connectivity index (χ1n) is 5.64. The molecule has 3 rings (SSSR count). The van der Waals surface area contributed by atoms with Gasteiger partial charge in [0.15, 0.2) is 0 Å². The Balaban J connectivity index is 2.38. The zero-order chi connectivity index (χ0) is 14.3. The fourth-order valence-corrected chi connectivity index (χ4v) is 4.99. The molecule has 2 aromatic heterocycles. The second kappa shape index (κ2) is 5.01. The minimum absolute atomic E-state index is 0.218. The van der Waals surface area contributed by atoms with Gasteiger partial charge in [-0.15, -0.1) is 0 Å². The van der Waals surface area contributed by atoms with Crippen molar-refractivity contribution in [2.45, 2.75) is 4.90 Å². The molecule has 0 saturated carbocycles. The average Bonchev–Trinajstić information content (AvgIpc) is 2.78. The van der Waals surface area contributed by atoms with Crippen molar-refractivity contribution in [2.75, 3.05) is 0 Å². The highest BCUT2D eigenvalue weighted by atomic mass is 127. The van der Waals surface area contributed by atoms with E-state index in [9.17, 15) is 8.42 Å². The predicted octanol–water partition coefficient (Wildman–Crippen LogP) is 3.53. The van der Waals surface area contributed by atoms with Gasteiger partial charge in [-0.1, -0.05) is 29.8 Å². The molecule has 102 valence electrons. The first-order valence-corrected chi connectivity index (χ1v) is 8.53. The fraction of sp³-hybridized carbons (Fsp3) is 0. The molecule has 0 N–H and O–H groups in total. The third-order valence-electron chi connectivity index (χ3n) is 2.84. The van der Waals surface area contributed by atoms with E-state index in [1.54, 1.807) is 48.7 Å². The van der Waals surface area contributed by atoms with E-state index in [-0.39, 0.29) is 4.90 Å². The van der Waals surface area contributed by atoms with Crippen molar-refractivity contribution < 1.29 is 8.42 Å². The van der Waals surface area contributed by atoms with Gasteiger partial charge in [-0.25, -0.2) is 12.4 Å². The van der Waals surface area contributed by atoms with Crippen LogP contribution in [-0.2, 0) is 10.0 Å². The van der Waals surface area contributed by atoms with Gasteiger partial charge in [-0.3, -0.25) is 4.98 Å². The Morgan fingerprint density at radius 3 is 2.55 bits per heavy atom. The molecule has 7 heteroatoms. The van der Waals surface area contributed by atoms with Crippen molar-refractivity contribution in [3.63, 3.8) is 0 Å². The van der Waals surface area contributed by atoms with Crippen molar-refractivity contribution in [3.8, 4) is 0 Å². The SMILES string of the molecule is O=S(=O)(c1ccccc1)n1c(I)cc2nccc(Cl)c21. The summed E-state index contributed by atoms with van der Waals surface area (Å²) in [7, 11) is -3.69. The van der Waals surface area contributed by atoms with E-state index < -0.39 is 10.0 Å². The molecule has 0 aliphatic carbocycles. The molecule has 0 fully saturated rings. The summed E-state index contributed by atoms with van der Waals surface area (Å²) < 4.78 is 27.3. The Labute approximate surface area is 134 Å². The molecule has 0 aliphatic heterocycles. The summed E-state index contributed by atoms with van der Waals surface area (Å²) in [5.41, 5.74) is 0.962. The smallest absolute Gasteiger partial charge is 0.254 e. The zero-order valence-electron chi connectivity index (χ0n) is 9.99. The standard InChI is InChI=1S/C13H8ClIN2O2S/c14-10-6-7-16-11-8-12(15)17(13(10)11)20(18,19)9-4-2-1-3-5-9/h1-8H. The lowest BCUT2D eigenvalue weighted by Crippen LogP contribution is -2.14. The minimum Gasteiger partial charge on any atom is -0.254 e. The summed E-state index contributed by atoms with van der Waals surface area (Å²) in [6, 6.07) is 11.5. The second-order valence-corrected chi connectivity index (χ2v) is 7.38. The molecule has 0 saturated heterocycles. The molecule has 1 aromatic carbocycles. The molecule has 0 atom stereocenters. The van der Waals surface area contributed by atoms with Crippen LogP contribution in [0.15, 0.2) is 53.6 Å². The Morgan fingerprint density at radius 1 is 1.15 bits per heavy atom. The first kappa shape index (κ1) is 13.8. The van der Waals surface area contributed by atoms with Gasteiger partial charge in [0.25, 0.3) is 10.0 Å². The summed E-state index contributed by atoms with van der Waals surface area (Å²) >= 11 is 8.11. The van der Waals surface area contributed by atoms with Gasteiger partial charge in [0.1, 0.15) is 5.52 Å².